The molecule has 0 heterocycles. The molecule has 1 saturated carbocycles. The topological polar surface area (TPSA) is 101 Å². The molecule has 0 radical (unpaired) electrons. The van der Waals surface area contributed by atoms with Crippen LogP contribution in [0.1, 0.15) is 19.3 Å². The summed E-state index contributed by atoms with van der Waals surface area (Å²) in [5, 5.41) is 2.67. The molecule has 1 amide bonds. The summed E-state index contributed by atoms with van der Waals surface area (Å²) in [7, 11) is -3.13. The first-order chi connectivity index (χ1) is 6.83. The molecule has 0 aromatic rings. The summed E-state index contributed by atoms with van der Waals surface area (Å²) in [6.45, 7) is 0.775. The van der Waals surface area contributed by atoms with Gasteiger partial charge in [0.15, 0.2) is 0 Å². The van der Waals surface area contributed by atoms with Crippen LogP contribution in [0.25, 0.3) is 0 Å². The maximum Gasteiger partial charge on any atom is 0.240 e. The highest BCUT2D eigenvalue weighted by Gasteiger charge is 2.45. The fourth-order valence-corrected chi connectivity index (χ4v) is 1.60. The summed E-state index contributed by atoms with van der Waals surface area (Å²) in [6, 6.07) is 0. The molecule has 15 heavy (non-hydrogen) atoms. The summed E-state index contributed by atoms with van der Waals surface area (Å²) in [4.78, 5) is 11.3. The summed E-state index contributed by atoms with van der Waals surface area (Å²) in [5.74, 6) is -0.137. The summed E-state index contributed by atoms with van der Waals surface area (Å²) < 4.78 is 23.7. The van der Waals surface area contributed by atoms with Crippen LogP contribution in [0.3, 0.4) is 0 Å². The molecule has 0 saturated heterocycles. The number of hydrogen-bond donors (Lipinski definition) is 3. The van der Waals surface area contributed by atoms with Crippen LogP contribution in [0.2, 0.25) is 0 Å². The largest absolute Gasteiger partial charge is 0.354 e. The van der Waals surface area contributed by atoms with Crippen LogP contribution in [-0.4, -0.2) is 39.2 Å². The van der Waals surface area contributed by atoms with E-state index >= 15 is 0 Å². The van der Waals surface area contributed by atoms with Gasteiger partial charge in [0.05, 0.1) is 11.8 Å². The minimum Gasteiger partial charge on any atom is -0.354 e. The Balaban J connectivity index is 2.05. The monoisotopic (exact) mass is 235 g/mol. The lowest BCUT2D eigenvalue weighted by Crippen LogP contribution is -2.43. The van der Waals surface area contributed by atoms with Crippen LogP contribution in [0.15, 0.2) is 0 Å². The van der Waals surface area contributed by atoms with Crippen molar-refractivity contribution in [2.75, 3.05) is 19.3 Å². The van der Waals surface area contributed by atoms with Crippen molar-refractivity contribution in [3.8, 4) is 0 Å². The highest BCUT2D eigenvalue weighted by atomic mass is 32.2. The van der Waals surface area contributed by atoms with Crippen molar-refractivity contribution in [1.29, 1.82) is 0 Å². The number of carbonyl (C=O) groups excluding carboxylic acids is 1. The SMILES string of the molecule is CS(=O)(=O)NCCCNC(=O)C1(N)CC1. The van der Waals surface area contributed by atoms with Gasteiger partial charge in [0.25, 0.3) is 0 Å². The lowest BCUT2D eigenvalue weighted by Gasteiger charge is -2.09. The molecule has 0 atom stereocenters. The van der Waals surface area contributed by atoms with Gasteiger partial charge in [0, 0.05) is 13.1 Å². The Kier molecular flexibility index (Phi) is 3.69. The fourth-order valence-electron chi connectivity index (χ4n) is 1.09. The molecule has 0 spiro atoms. The molecule has 0 aliphatic heterocycles. The molecule has 6 nitrogen and oxygen atoms in total. The van der Waals surface area contributed by atoms with Crippen molar-refractivity contribution in [2.24, 2.45) is 5.73 Å². The molecule has 4 N–H and O–H groups in total. The quantitative estimate of drug-likeness (QED) is 0.489. The molecule has 0 bridgehead atoms. The number of nitrogens with two attached hydrogens (primary N) is 1. The maximum atomic E-state index is 11.3. The Morgan fingerprint density at radius 3 is 2.47 bits per heavy atom. The molecule has 1 aliphatic carbocycles. The molecular formula is C8H17N3O3S. The maximum absolute atomic E-state index is 11.3. The first-order valence-electron chi connectivity index (χ1n) is 4.85. The zero-order chi connectivity index (χ0) is 11.5. The van der Waals surface area contributed by atoms with Crippen molar-refractivity contribution in [1.82, 2.24) is 10.0 Å². The Hall–Kier alpha value is -0.660. The molecule has 1 aliphatic rings. The van der Waals surface area contributed by atoms with Crippen molar-refractivity contribution >= 4 is 15.9 Å². The van der Waals surface area contributed by atoms with Crippen molar-refractivity contribution in [2.45, 2.75) is 24.8 Å². The predicted molar refractivity (Wildman–Crippen MR) is 56.6 cm³/mol. The standard InChI is InChI=1S/C8H17N3O3S/c1-15(13,14)11-6-2-5-10-7(12)8(9)3-4-8/h11H,2-6,9H2,1H3,(H,10,12). The minimum atomic E-state index is -3.13. The van der Waals surface area contributed by atoms with Crippen molar-refractivity contribution in [3.05, 3.63) is 0 Å². The number of rotatable bonds is 6. The Morgan fingerprint density at radius 1 is 1.40 bits per heavy atom. The zero-order valence-corrected chi connectivity index (χ0v) is 9.56. The average Bonchev–Trinajstić information content (AvgIpc) is 2.82. The van der Waals surface area contributed by atoms with Gasteiger partial charge in [-0.2, -0.15) is 0 Å². The van der Waals surface area contributed by atoms with Crippen molar-refractivity contribution in [3.63, 3.8) is 0 Å². The Morgan fingerprint density at radius 2 is 2.00 bits per heavy atom. The van der Waals surface area contributed by atoms with Gasteiger partial charge in [-0.15, -0.1) is 0 Å². The van der Waals surface area contributed by atoms with E-state index in [1.807, 2.05) is 0 Å². The third-order valence-corrected chi connectivity index (χ3v) is 2.97. The second kappa shape index (κ2) is 4.46. The van der Waals surface area contributed by atoms with Crippen LogP contribution in [0.4, 0.5) is 0 Å². The van der Waals surface area contributed by atoms with Gasteiger partial charge in [-0.05, 0) is 19.3 Å². The summed E-state index contributed by atoms with van der Waals surface area (Å²) in [5.41, 5.74) is 5.00. The molecule has 7 heteroatoms. The van der Waals surface area contributed by atoms with Crippen molar-refractivity contribution < 1.29 is 13.2 Å². The molecule has 88 valence electrons. The van der Waals surface area contributed by atoms with Gasteiger partial charge >= 0.3 is 0 Å². The third-order valence-electron chi connectivity index (χ3n) is 2.24. The first-order valence-corrected chi connectivity index (χ1v) is 6.74. The summed E-state index contributed by atoms with van der Waals surface area (Å²) >= 11 is 0. The third kappa shape index (κ3) is 4.59. The van der Waals surface area contributed by atoms with E-state index in [1.54, 1.807) is 0 Å². The highest BCUT2D eigenvalue weighted by Crippen LogP contribution is 2.31. The van der Waals surface area contributed by atoms with Crippen LogP contribution in [-0.2, 0) is 14.8 Å². The van der Waals surface area contributed by atoms with Gasteiger partial charge in [-0.3, -0.25) is 4.79 Å². The molecule has 0 aromatic heterocycles. The van der Waals surface area contributed by atoms with Crippen LogP contribution in [0.5, 0.6) is 0 Å². The Labute approximate surface area is 89.6 Å². The van der Waals surface area contributed by atoms with E-state index in [-0.39, 0.29) is 5.91 Å². The van der Waals surface area contributed by atoms with Crippen LogP contribution in [0, 0.1) is 0 Å². The Bertz CT molecular complexity index is 335. The van der Waals surface area contributed by atoms with Gasteiger partial charge < -0.3 is 11.1 Å². The molecule has 1 fully saturated rings. The van der Waals surface area contributed by atoms with E-state index in [1.165, 1.54) is 0 Å². The van der Waals surface area contributed by atoms with E-state index in [9.17, 15) is 13.2 Å². The van der Waals surface area contributed by atoms with Gasteiger partial charge in [0.1, 0.15) is 0 Å². The number of nitrogens with one attached hydrogen (secondary N) is 2. The lowest BCUT2D eigenvalue weighted by molar-refractivity contribution is -0.123. The number of amides is 1. The van der Waals surface area contributed by atoms with Gasteiger partial charge in [-0.25, -0.2) is 13.1 Å². The number of carbonyl (C=O) groups is 1. The molecule has 1 rings (SSSR count). The normalized spacial score (nSPS) is 18.5. The van der Waals surface area contributed by atoms with E-state index in [2.05, 4.69) is 10.0 Å². The van der Waals surface area contributed by atoms with Gasteiger partial charge in [-0.1, -0.05) is 0 Å². The minimum absolute atomic E-state index is 0.137. The fraction of sp³-hybridized carbons (Fsp3) is 0.875. The van der Waals surface area contributed by atoms with Crippen LogP contribution >= 0.6 is 0 Å². The molecular weight excluding hydrogens is 218 g/mol. The lowest BCUT2D eigenvalue weighted by atomic mass is 10.2. The highest BCUT2D eigenvalue weighted by molar-refractivity contribution is 7.88. The van der Waals surface area contributed by atoms with E-state index < -0.39 is 15.6 Å². The first kappa shape index (κ1) is 12.4. The van der Waals surface area contributed by atoms with Gasteiger partial charge in [0.2, 0.25) is 15.9 Å². The van der Waals surface area contributed by atoms with E-state index in [4.69, 9.17) is 5.73 Å². The predicted octanol–water partition coefficient (Wildman–Crippen LogP) is -1.47. The van der Waals surface area contributed by atoms with E-state index in [0.717, 1.165) is 19.1 Å². The summed E-state index contributed by atoms with van der Waals surface area (Å²) in [6.07, 6.45) is 3.14. The second-order valence-electron chi connectivity index (χ2n) is 3.93. The smallest absolute Gasteiger partial charge is 0.240 e. The van der Waals surface area contributed by atoms with E-state index in [0.29, 0.717) is 19.5 Å². The molecule has 0 unspecified atom stereocenters. The van der Waals surface area contributed by atoms with Crippen LogP contribution < -0.4 is 15.8 Å². The average molecular weight is 235 g/mol. The number of sulfonamides is 1. The second-order valence-corrected chi connectivity index (χ2v) is 5.77. The zero-order valence-electron chi connectivity index (χ0n) is 8.75. The molecule has 0 aromatic carbocycles. The number of hydrogen-bond acceptors (Lipinski definition) is 4.